The summed E-state index contributed by atoms with van der Waals surface area (Å²) < 4.78 is 0. The Balaban J connectivity index is 1.47. The van der Waals surface area contributed by atoms with E-state index in [9.17, 15) is 4.79 Å². The second-order valence-corrected chi connectivity index (χ2v) is 9.32. The molecule has 3 aliphatic rings. The Morgan fingerprint density at radius 1 is 1.09 bits per heavy atom. The van der Waals surface area contributed by atoms with Gasteiger partial charge in [0.1, 0.15) is 17.8 Å². The number of hydrogen-bond donors (Lipinski definition) is 3. The van der Waals surface area contributed by atoms with Gasteiger partial charge in [-0.3, -0.25) is 14.9 Å². The molecule has 0 saturated heterocycles. The van der Waals surface area contributed by atoms with Gasteiger partial charge in [-0.1, -0.05) is 54.6 Å². The molecular weight excluding hydrogens is 438 g/mol. The van der Waals surface area contributed by atoms with Gasteiger partial charge < -0.3 is 11.1 Å². The van der Waals surface area contributed by atoms with Crippen LogP contribution in [0.3, 0.4) is 0 Å². The first-order valence-electron chi connectivity index (χ1n) is 11.9. The van der Waals surface area contributed by atoms with Crippen LogP contribution in [0.15, 0.2) is 83.0 Å². The smallest absolute Gasteiger partial charge is 0.271 e. The topological polar surface area (TPSA) is 112 Å². The monoisotopic (exact) mass is 465 g/mol. The zero-order valence-electron chi connectivity index (χ0n) is 19.5. The lowest BCUT2D eigenvalue weighted by molar-refractivity contribution is -0.114. The van der Waals surface area contributed by atoms with Crippen LogP contribution in [0, 0.1) is 0 Å². The number of hydrogen-bond acceptors (Lipinski definition) is 6. The van der Waals surface area contributed by atoms with Gasteiger partial charge in [-0.25, -0.2) is 5.01 Å². The van der Waals surface area contributed by atoms with Gasteiger partial charge >= 0.3 is 0 Å². The number of amidine groups is 1. The van der Waals surface area contributed by atoms with Crippen LogP contribution in [0.2, 0.25) is 0 Å². The van der Waals surface area contributed by atoms with E-state index in [-0.39, 0.29) is 23.5 Å². The maximum absolute atomic E-state index is 12.6. The highest BCUT2D eigenvalue weighted by Gasteiger charge is 2.43. The van der Waals surface area contributed by atoms with Crippen molar-refractivity contribution in [2.75, 3.05) is 7.05 Å². The maximum atomic E-state index is 12.6. The van der Waals surface area contributed by atoms with Crippen molar-refractivity contribution in [3.8, 4) is 0 Å². The number of carbonyl (C=O) groups excluding carboxylic acids is 1. The molecule has 1 aliphatic carbocycles. The number of aromatic nitrogens is 2. The lowest BCUT2D eigenvalue weighted by Crippen LogP contribution is -2.43. The third kappa shape index (κ3) is 3.57. The van der Waals surface area contributed by atoms with Crippen molar-refractivity contribution in [1.29, 1.82) is 0 Å². The van der Waals surface area contributed by atoms with Crippen molar-refractivity contribution in [1.82, 2.24) is 20.5 Å². The zero-order chi connectivity index (χ0) is 24.0. The van der Waals surface area contributed by atoms with E-state index in [1.807, 2.05) is 29.3 Å². The quantitative estimate of drug-likeness (QED) is 0.536. The van der Waals surface area contributed by atoms with Crippen LogP contribution >= 0.6 is 0 Å². The highest BCUT2D eigenvalue weighted by Crippen LogP contribution is 2.46. The lowest BCUT2D eigenvalue weighted by atomic mass is 9.72. The molecule has 1 saturated carbocycles. The van der Waals surface area contributed by atoms with Crippen LogP contribution in [0.25, 0.3) is 5.57 Å². The number of amides is 1. The van der Waals surface area contributed by atoms with E-state index in [4.69, 9.17) is 15.8 Å². The van der Waals surface area contributed by atoms with E-state index < -0.39 is 0 Å². The number of benzene rings is 2. The maximum Gasteiger partial charge on any atom is 0.271 e. The van der Waals surface area contributed by atoms with Gasteiger partial charge in [0, 0.05) is 24.4 Å². The Kier molecular flexibility index (Phi) is 5.11. The van der Waals surface area contributed by atoms with Gasteiger partial charge in [0.25, 0.3) is 5.91 Å². The van der Waals surface area contributed by atoms with Crippen molar-refractivity contribution in [2.45, 2.75) is 36.9 Å². The van der Waals surface area contributed by atoms with Gasteiger partial charge in [0.2, 0.25) is 0 Å². The molecule has 0 bridgehead atoms. The minimum atomic E-state index is -0.255. The van der Waals surface area contributed by atoms with Gasteiger partial charge in [-0.2, -0.15) is 10.2 Å². The summed E-state index contributed by atoms with van der Waals surface area (Å²) in [6.45, 7) is 0. The summed E-state index contributed by atoms with van der Waals surface area (Å²) in [5.41, 5.74) is 11.6. The number of aliphatic imine (C=N–C) groups is 1. The summed E-state index contributed by atoms with van der Waals surface area (Å²) in [6, 6.07) is 20.2. The Labute approximate surface area is 203 Å². The van der Waals surface area contributed by atoms with Crippen LogP contribution in [-0.2, 0) is 10.3 Å². The molecule has 2 aliphatic heterocycles. The van der Waals surface area contributed by atoms with Gasteiger partial charge in [-0.15, -0.1) is 0 Å². The second kappa shape index (κ2) is 8.32. The number of nitrogens with two attached hydrogens (primary N) is 1. The van der Waals surface area contributed by atoms with Crippen molar-refractivity contribution in [3.05, 3.63) is 95.3 Å². The molecule has 0 spiro atoms. The predicted molar refractivity (Wildman–Crippen MR) is 135 cm³/mol. The fourth-order valence-electron chi connectivity index (χ4n) is 5.11. The Morgan fingerprint density at radius 2 is 1.86 bits per heavy atom. The van der Waals surface area contributed by atoms with Crippen LogP contribution < -0.4 is 11.1 Å². The fourth-order valence-corrected chi connectivity index (χ4v) is 5.11. The standard InChI is InChI=1S/C27H27N7O/c1-29-26(35)22-16-20(21-12-15-30-32-21)25-31-23(24(34(25)33-22)18-6-3-2-4-7-18)17-8-10-19(11-9-17)27(28)13-5-14-27/h2-4,6-12,15-16,23-24H,5,13-14,28H2,1H3,(H,29,35)(H,30,32). The number of carbonyl (C=O) groups is 1. The summed E-state index contributed by atoms with van der Waals surface area (Å²) in [4.78, 5) is 17.8. The summed E-state index contributed by atoms with van der Waals surface area (Å²) in [5, 5.41) is 16.5. The average Bonchev–Trinajstić information content (AvgIpc) is 3.55. The first-order valence-corrected chi connectivity index (χ1v) is 11.9. The summed E-state index contributed by atoms with van der Waals surface area (Å²) >= 11 is 0. The number of fused-ring (bicyclic) bond motifs is 1. The second-order valence-electron chi connectivity index (χ2n) is 9.32. The van der Waals surface area contributed by atoms with E-state index in [0.717, 1.165) is 35.2 Å². The molecule has 4 N–H and O–H groups in total. The number of aromatic amines is 1. The first-order chi connectivity index (χ1) is 17.1. The molecule has 3 aromatic rings. The van der Waals surface area contributed by atoms with Gasteiger partial charge in [0.15, 0.2) is 5.84 Å². The molecule has 1 fully saturated rings. The minimum Gasteiger partial charge on any atom is -0.354 e. The molecule has 8 nitrogen and oxygen atoms in total. The number of nitrogens with zero attached hydrogens (tertiary/aromatic N) is 4. The fraction of sp³-hybridized carbons (Fsp3) is 0.259. The summed E-state index contributed by atoms with van der Waals surface area (Å²) in [5.74, 6) is 0.452. The lowest BCUT2D eigenvalue weighted by Gasteiger charge is -2.38. The van der Waals surface area contributed by atoms with Crippen LogP contribution in [0.1, 0.15) is 53.7 Å². The number of hydrazone groups is 1. The highest BCUT2D eigenvalue weighted by atomic mass is 16.1. The van der Waals surface area contributed by atoms with Gasteiger partial charge in [-0.05, 0) is 48.1 Å². The summed E-state index contributed by atoms with van der Waals surface area (Å²) in [6.07, 6.45) is 6.68. The molecule has 3 heterocycles. The Morgan fingerprint density at radius 3 is 2.49 bits per heavy atom. The van der Waals surface area contributed by atoms with Crippen molar-refractivity contribution in [2.24, 2.45) is 15.8 Å². The molecular formula is C27H27N7O. The Bertz CT molecular complexity index is 1340. The molecule has 6 rings (SSSR count). The van der Waals surface area contributed by atoms with Crippen LogP contribution in [0.5, 0.6) is 0 Å². The third-order valence-corrected chi connectivity index (χ3v) is 7.24. The first kappa shape index (κ1) is 21.5. The Hall–Kier alpha value is -4.04. The molecule has 2 unspecified atom stereocenters. The molecule has 8 heteroatoms. The minimum absolute atomic E-state index is 0.209. The summed E-state index contributed by atoms with van der Waals surface area (Å²) in [7, 11) is 1.60. The van der Waals surface area contributed by atoms with E-state index in [1.165, 1.54) is 12.0 Å². The average molecular weight is 466 g/mol. The SMILES string of the molecule is CNC(=O)C1=NN2C(=NC(c3ccc(C4(N)CCC4)cc3)C2c2ccccc2)C(c2ccn[nH]2)=C1. The molecule has 0 radical (unpaired) electrons. The predicted octanol–water partition coefficient (Wildman–Crippen LogP) is 3.44. The normalized spacial score (nSPS) is 22.5. The van der Waals surface area contributed by atoms with Crippen molar-refractivity contribution < 1.29 is 4.79 Å². The molecule has 35 heavy (non-hydrogen) atoms. The molecule has 2 atom stereocenters. The van der Waals surface area contributed by atoms with E-state index in [0.29, 0.717) is 11.5 Å². The molecule has 1 amide bonds. The largest absolute Gasteiger partial charge is 0.354 e. The zero-order valence-corrected chi connectivity index (χ0v) is 19.5. The molecule has 2 aromatic carbocycles. The number of H-pyrrole nitrogens is 1. The van der Waals surface area contributed by atoms with E-state index in [2.05, 4.69) is 51.9 Å². The number of nitrogens with one attached hydrogen (secondary N) is 2. The highest BCUT2D eigenvalue weighted by molar-refractivity contribution is 6.48. The van der Waals surface area contributed by atoms with Gasteiger partial charge in [0.05, 0.1) is 5.69 Å². The van der Waals surface area contributed by atoms with Crippen molar-refractivity contribution >= 4 is 23.0 Å². The van der Waals surface area contributed by atoms with Crippen LogP contribution in [-0.4, -0.2) is 39.7 Å². The van der Waals surface area contributed by atoms with Crippen molar-refractivity contribution in [3.63, 3.8) is 0 Å². The van der Waals surface area contributed by atoms with Crippen LogP contribution in [0.4, 0.5) is 0 Å². The number of rotatable bonds is 5. The third-order valence-electron chi connectivity index (χ3n) is 7.24. The molecule has 1 aromatic heterocycles. The van der Waals surface area contributed by atoms with E-state index >= 15 is 0 Å². The van der Waals surface area contributed by atoms with E-state index in [1.54, 1.807) is 19.3 Å². The molecule has 176 valence electrons.